The molecule has 20 heteroatoms. The molecule has 96 heavy (non-hydrogen) atoms. The van der Waals surface area contributed by atoms with Crippen molar-refractivity contribution in [1.82, 2.24) is 56.1 Å². The number of nitrogens with zero attached hydrogens (tertiary/aromatic N) is 12. The van der Waals surface area contributed by atoms with Crippen LogP contribution in [0.25, 0.3) is 22.3 Å². The van der Waals surface area contributed by atoms with Gasteiger partial charge in [-0.2, -0.15) is 0 Å². The van der Waals surface area contributed by atoms with Gasteiger partial charge < -0.3 is 19.6 Å². The number of rotatable bonds is 4. The van der Waals surface area contributed by atoms with Crippen molar-refractivity contribution in [1.29, 1.82) is 0 Å². The smallest absolute Gasteiger partial charge is 0.304 e. The summed E-state index contributed by atoms with van der Waals surface area (Å²) in [4.78, 5) is 130. The number of hydrogen-bond donors (Lipinski definition) is 0. The highest BCUT2D eigenvalue weighted by Crippen LogP contribution is 2.24. The fourth-order valence-electron chi connectivity index (χ4n) is 15.6. The van der Waals surface area contributed by atoms with E-state index in [0.29, 0.717) is 74.6 Å². The van der Waals surface area contributed by atoms with Crippen molar-refractivity contribution in [2.75, 3.05) is 78.5 Å². The van der Waals surface area contributed by atoms with Crippen LogP contribution in [-0.4, -0.2) is 135 Å². The third-order valence-electron chi connectivity index (χ3n) is 21.9. The van der Waals surface area contributed by atoms with Crippen molar-refractivity contribution in [3.63, 3.8) is 0 Å². The monoisotopic (exact) mass is 1340 g/mol. The first-order valence-corrected chi connectivity index (χ1v) is 38.9. The molecule has 0 fully saturated rings. The van der Waals surface area contributed by atoms with Crippen molar-refractivity contribution in [2.24, 2.45) is 0 Å². The molecular weight excluding hydrogens is 1210 g/mol. The Morgan fingerprint density at radius 2 is 0.312 bits per heavy atom. The standard InChI is InChI=1S/C76H128N12O8/c1-9-77-45-29-13-21-37-53-81-61(5)65-67-63(7)83-55-39-23-15-31-47-78(10-2)48-32-16-24-40-56-84-64(8)68(72(92)88(76(84)96)60-44-28-20-36-52-80(12-4)51-35-19-27-43-59-87(71(67)91)75(83)95)66-62(6)82(54-38-22-14-30-46-77)74(94)86(70(66)90)58-42-26-18-34-50-79(11-3)49-33-17-25-41-57-85(69(65)89)73(81)93/h9-60H2,1-8H3. The Hall–Kier alpha value is -5.44. The van der Waals surface area contributed by atoms with Gasteiger partial charge in [-0.25, -0.2) is 19.2 Å². The minimum atomic E-state index is -0.446. The van der Waals surface area contributed by atoms with E-state index in [0.717, 1.165) is 258 Å². The molecule has 0 atom stereocenters. The first-order chi connectivity index (χ1) is 46.6. The molecule has 0 aromatic carbocycles. The maximum Gasteiger partial charge on any atom is 0.331 e. The largest absolute Gasteiger partial charge is 0.331 e. The molecule has 6 aliphatic rings. The van der Waals surface area contributed by atoms with E-state index < -0.39 is 22.2 Å². The van der Waals surface area contributed by atoms with Gasteiger partial charge >= 0.3 is 22.8 Å². The molecule has 4 aromatic heterocycles. The topological polar surface area (TPSA) is 189 Å². The van der Waals surface area contributed by atoms with Gasteiger partial charge in [0.2, 0.25) is 0 Å². The van der Waals surface area contributed by atoms with Gasteiger partial charge in [0.05, 0.1) is 22.3 Å². The lowest BCUT2D eigenvalue weighted by Crippen LogP contribution is -2.46. The molecule has 0 saturated heterocycles. The van der Waals surface area contributed by atoms with Crippen LogP contribution in [0.3, 0.4) is 0 Å². The van der Waals surface area contributed by atoms with Crippen LogP contribution in [0.15, 0.2) is 38.4 Å². The lowest BCUT2D eigenvalue weighted by molar-refractivity contribution is 0.272. The Labute approximate surface area is 573 Å². The van der Waals surface area contributed by atoms with E-state index >= 15 is 19.2 Å². The second-order valence-corrected chi connectivity index (χ2v) is 28.5. The molecule has 540 valence electrons. The summed E-state index contributed by atoms with van der Waals surface area (Å²) in [6.07, 6.45) is 27.8. The van der Waals surface area contributed by atoms with Crippen LogP contribution in [0.4, 0.5) is 0 Å². The van der Waals surface area contributed by atoms with Gasteiger partial charge in [-0.05, 0) is 209 Å². The zero-order valence-corrected chi connectivity index (χ0v) is 61.4. The average Bonchev–Trinajstić information content (AvgIpc) is 0.753. The highest BCUT2D eigenvalue weighted by molar-refractivity contribution is 5.67. The number of aromatic nitrogens is 8. The molecule has 0 aliphatic carbocycles. The van der Waals surface area contributed by atoms with Crippen LogP contribution in [0, 0.1) is 27.7 Å². The average molecular weight is 1340 g/mol. The molecule has 0 radical (unpaired) electrons. The van der Waals surface area contributed by atoms with Gasteiger partial charge in [-0.3, -0.25) is 55.7 Å². The van der Waals surface area contributed by atoms with E-state index in [1.54, 1.807) is 18.3 Å². The Bertz CT molecular complexity index is 3110. The van der Waals surface area contributed by atoms with Gasteiger partial charge in [0, 0.05) is 75.1 Å². The minimum absolute atomic E-state index is 0.241. The lowest BCUT2D eigenvalue weighted by Gasteiger charge is -2.22. The lowest BCUT2D eigenvalue weighted by atomic mass is 10.0. The molecule has 4 aromatic rings. The molecule has 0 N–H and O–H groups in total. The van der Waals surface area contributed by atoms with Crippen LogP contribution >= 0.6 is 0 Å². The molecule has 12 bridgehead atoms. The van der Waals surface area contributed by atoms with E-state index in [1.807, 2.05) is 27.7 Å². The second kappa shape index (κ2) is 41.2. The third-order valence-corrected chi connectivity index (χ3v) is 21.9. The summed E-state index contributed by atoms with van der Waals surface area (Å²) in [5, 5.41) is 0. The molecule has 0 amide bonds. The third kappa shape index (κ3) is 21.3. The Morgan fingerprint density at radius 1 is 0.188 bits per heavy atom. The zero-order valence-electron chi connectivity index (χ0n) is 61.4. The fourth-order valence-corrected chi connectivity index (χ4v) is 15.6. The molecular formula is C76H128N12O8. The van der Waals surface area contributed by atoms with E-state index in [-0.39, 0.29) is 71.2 Å². The summed E-state index contributed by atoms with van der Waals surface area (Å²) < 4.78 is 12.6. The first-order valence-electron chi connectivity index (χ1n) is 38.9. The Balaban J connectivity index is 1.35. The molecule has 0 unspecified atom stereocenters. The van der Waals surface area contributed by atoms with Gasteiger partial charge in [0.1, 0.15) is 0 Å². The highest BCUT2D eigenvalue weighted by Gasteiger charge is 2.28. The predicted octanol–water partition coefficient (Wildman–Crippen LogP) is 11.1. The zero-order chi connectivity index (χ0) is 68.9. The Morgan fingerprint density at radius 3 is 0.448 bits per heavy atom. The van der Waals surface area contributed by atoms with E-state index in [4.69, 9.17) is 0 Å². The van der Waals surface area contributed by atoms with Crippen molar-refractivity contribution >= 4 is 0 Å². The minimum Gasteiger partial charge on any atom is -0.304 e. The van der Waals surface area contributed by atoms with Gasteiger partial charge in [0.25, 0.3) is 22.2 Å². The maximum atomic E-state index is 15.3. The van der Waals surface area contributed by atoms with Crippen molar-refractivity contribution in [3.05, 3.63) is 106 Å². The summed E-state index contributed by atoms with van der Waals surface area (Å²) in [5.41, 5.74) is -0.106. The van der Waals surface area contributed by atoms with Gasteiger partial charge in [-0.15, -0.1) is 0 Å². The second-order valence-electron chi connectivity index (χ2n) is 28.5. The molecule has 10 heterocycles. The maximum absolute atomic E-state index is 15.3. The summed E-state index contributed by atoms with van der Waals surface area (Å²) in [6, 6.07) is 0. The molecule has 6 aliphatic heterocycles. The Kier molecular flexibility index (Phi) is 33.4. The van der Waals surface area contributed by atoms with Crippen LogP contribution in [0.5, 0.6) is 0 Å². The van der Waals surface area contributed by atoms with Crippen LogP contribution < -0.4 is 45.0 Å². The van der Waals surface area contributed by atoms with E-state index in [2.05, 4.69) is 47.3 Å². The summed E-state index contributed by atoms with van der Waals surface area (Å²) in [5.74, 6) is 0. The van der Waals surface area contributed by atoms with Crippen LogP contribution in [-0.2, 0) is 52.4 Å². The normalized spacial score (nSPS) is 19.7. The van der Waals surface area contributed by atoms with Crippen LogP contribution in [0.1, 0.15) is 256 Å². The quantitative estimate of drug-likeness (QED) is 0.188. The summed E-state index contributed by atoms with van der Waals surface area (Å²) in [7, 11) is 0. The molecule has 10 rings (SSSR count). The van der Waals surface area contributed by atoms with Crippen LogP contribution in [0.2, 0.25) is 0 Å². The molecule has 0 saturated carbocycles. The van der Waals surface area contributed by atoms with Gasteiger partial charge in [-0.1, -0.05) is 130 Å². The first kappa shape index (κ1) is 77.9. The van der Waals surface area contributed by atoms with Crippen molar-refractivity contribution in [3.8, 4) is 22.3 Å². The van der Waals surface area contributed by atoms with Crippen molar-refractivity contribution in [2.45, 2.75) is 313 Å². The number of hydrogen-bond acceptors (Lipinski definition) is 12. The predicted molar refractivity (Wildman–Crippen MR) is 393 cm³/mol. The molecule has 0 spiro atoms. The fraction of sp³-hybridized carbons (Fsp3) is 0.789. The summed E-state index contributed by atoms with van der Waals surface area (Å²) >= 11 is 0. The highest BCUT2D eigenvalue weighted by atomic mass is 16.2. The summed E-state index contributed by atoms with van der Waals surface area (Å²) in [6.45, 7) is 29.9. The molecule has 20 nitrogen and oxygen atoms in total. The van der Waals surface area contributed by atoms with E-state index in [9.17, 15) is 19.2 Å². The van der Waals surface area contributed by atoms with E-state index in [1.165, 1.54) is 18.3 Å². The van der Waals surface area contributed by atoms with Crippen molar-refractivity contribution < 1.29 is 0 Å². The SMILES string of the molecule is CCN1CCCCCCn2c(C)c3c(=O)n(c2=O)CCCCCCN(CC)CCCCCCn2c(=O)c(c(C)n(c2=O)CCCCCC1)-c1c(C)n2c(=O)n(c1=O)CCCCCCN(CC)CCCCCCn1c(=O)c-3c(C)n(c1=O)CCCCCCN(CC)CCCCCC2. The van der Waals surface area contributed by atoms with Gasteiger partial charge in [0.15, 0.2) is 0 Å².